The Labute approximate surface area is 314 Å². The molecule has 0 aliphatic carbocycles. The van der Waals surface area contributed by atoms with Gasteiger partial charge in [-0.05, 0) is 83.1 Å². The number of ether oxygens (including phenoxy) is 1. The van der Waals surface area contributed by atoms with Crippen molar-refractivity contribution in [2.45, 2.75) is 213 Å². The Morgan fingerprint density at radius 2 is 0.961 bits per heavy atom. The van der Waals surface area contributed by atoms with Crippen molar-refractivity contribution in [1.29, 1.82) is 0 Å². The van der Waals surface area contributed by atoms with E-state index in [0.717, 1.165) is 70.6 Å². The maximum Gasteiger partial charge on any atom is 0.322 e. The van der Waals surface area contributed by atoms with Crippen molar-refractivity contribution in [1.82, 2.24) is 5.32 Å². The molecule has 0 aliphatic heterocycles. The topological polar surface area (TPSA) is 92.7 Å². The highest BCUT2D eigenvalue weighted by Crippen LogP contribution is 2.15. The summed E-state index contributed by atoms with van der Waals surface area (Å²) in [5.74, 6) is -1.33. The van der Waals surface area contributed by atoms with Crippen molar-refractivity contribution in [3.63, 3.8) is 0 Å². The first-order valence-electron chi connectivity index (χ1n) is 21.3. The molecule has 0 rings (SSSR count). The quantitative estimate of drug-likeness (QED) is 0.0377. The molecule has 0 radical (unpaired) electrons. The molecule has 0 bridgehead atoms. The summed E-state index contributed by atoms with van der Waals surface area (Å²) in [6, 6.07) is 0. The van der Waals surface area contributed by atoms with Gasteiger partial charge in [0, 0.05) is 12.8 Å². The van der Waals surface area contributed by atoms with E-state index in [2.05, 4.69) is 67.8 Å². The third-order valence-corrected chi connectivity index (χ3v) is 9.21. The first-order valence-corrected chi connectivity index (χ1v) is 21.3. The highest BCUT2D eigenvalue weighted by molar-refractivity contribution is 5.80. The van der Waals surface area contributed by atoms with Crippen LogP contribution in [0.15, 0.2) is 48.6 Å². The van der Waals surface area contributed by atoms with Gasteiger partial charge in [-0.15, -0.1) is 0 Å². The number of unbranched alkanes of at least 4 members (excludes halogenated alkanes) is 21. The molecule has 0 aromatic rings. The smallest absolute Gasteiger partial charge is 0.322 e. The van der Waals surface area contributed by atoms with E-state index in [-0.39, 0.29) is 24.5 Å². The molecule has 0 aromatic heterocycles. The average molecular weight is 714 g/mol. The van der Waals surface area contributed by atoms with Gasteiger partial charge in [-0.25, -0.2) is 0 Å². The number of carboxylic acids is 1. The lowest BCUT2D eigenvalue weighted by molar-refractivity contribution is -0.147. The van der Waals surface area contributed by atoms with Gasteiger partial charge in [0.15, 0.2) is 0 Å². The molecular weight excluding hydrogens is 634 g/mol. The van der Waals surface area contributed by atoms with Crippen molar-refractivity contribution >= 4 is 17.8 Å². The number of carbonyl (C=O) groups excluding carboxylic acids is 2. The Morgan fingerprint density at radius 3 is 1.55 bits per heavy atom. The maximum absolute atomic E-state index is 12.7. The van der Waals surface area contributed by atoms with E-state index in [0.29, 0.717) is 12.8 Å². The zero-order valence-corrected chi connectivity index (χ0v) is 33.2. The molecular formula is C45H79NO5. The molecule has 0 aliphatic rings. The molecule has 51 heavy (non-hydrogen) atoms. The van der Waals surface area contributed by atoms with Crippen LogP contribution in [0.1, 0.15) is 206 Å². The van der Waals surface area contributed by atoms with Crippen LogP contribution in [0.25, 0.3) is 0 Å². The third-order valence-electron chi connectivity index (χ3n) is 9.21. The summed E-state index contributed by atoms with van der Waals surface area (Å²) in [5.41, 5.74) is 0. The van der Waals surface area contributed by atoms with Crippen LogP contribution in [0.3, 0.4) is 0 Å². The van der Waals surface area contributed by atoms with Gasteiger partial charge in [-0.1, -0.05) is 159 Å². The number of esters is 1. The molecule has 0 saturated heterocycles. The second-order valence-electron chi connectivity index (χ2n) is 14.2. The second kappa shape index (κ2) is 40.1. The molecule has 0 saturated carbocycles. The number of hydrogen-bond donors (Lipinski definition) is 2. The molecule has 1 atom stereocenters. The predicted octanol–water partition coefficient (Wildman–Crippen LogP) is 13.1. The standard InChI is InChI=1S/C45H79NO5/c1-3-5-7-9-11-13-15-16-17-18-19-20-21-23-25-27-32-36-40-45(50)51-42(37-33-29-26-24-22-14-12-10-8-6-4-2)38-34-30-28-31-35-39-43(47)46-41-44(48)49/h12,14,17-18,24,26,33,37,42H,3-11,13,15-16,19-23,25,27-32,34-36,38-41H2,1-2H3,(H,46,47)(H,48,49)/b14-12-,18-17-,26-24-,37-33-. The SMILES string of the molecule is CCCCC/C=C\C/C=C\C/C=C\C(CCCCCCCC(=O)NCC(=O)O)OC(=O)CCCCCCCCC/C=C\CCCCCCCCC. The number of nitrogens with one attached hydrogen (secondary N) is 1. The summed E-state index contributed by atoms with van der Waals surface area (Å²) in [5, 5.41) is 11.1. The fourth-order valence-corrected chi connectivity index (χ4v) is 6.02. The number of allylic oxidation sites excluding steroid dienone is 7. The van der Waals surface area contributed by atoms with E-state index >= 15 is 0 Å². The van der Waals surface area contributed by atoms with Gasteiger partial charge in [0.2, 0.25) is 5.91 Å². The van der Waals surface area contributed by atoms with E-state index < -0.39 is 5.97 Å². The van der Waals surface area contributed by atoms with E-state index in [9.17, 15) is 14.4 Å². The minimum absolute atomic E-state index is 0.0935. The largest absolute Gasteiger partial charge is 0.480 e. The summed E-state index contributed by atoms with van der Waals surface area (Å²) < 4.78 is 5.91. The second-order valence-corrected chi connectivity index (χ2v) is 14.2. The van der Waals surface area contributed by atoms with Gasteiger partial charge in [0.25, 0.3) is 0 Å². The van der Waals surface area contributed by atoms with E-state index in [1.54, 1.807) is 0 Å². The number of aliphatic carboxylic acids is 1. The maximum atomic E-state index is 12.7. The molecule has 6 nitrogen and oxygen atoms in total. The lowest BCUT2D eigenvalue weighted by Gasteiger charge is -2.14. The van der Waals surface area contributed by atoms with Crippen LogP contribution in [-0.4, -0.2) is 35.6 Å². The fraction of sp³-hybridized carbons (Fsp3) is 0.756. The van der Waals surface area contributed by atoms with Crippen molar-refractivity contribution in [3.8, 4) is 0 Å². The first-order chi connectivity index (χ1) is 25.0. The van der Waals surface area contributed by atoms with Crippen molar-refractivity contribution in [2.75, 3.05) is 6.54 Å². The van der Waals surface area contributed by atoms with Crippen LogP contribution in [0.2, 0.25) is 0 Å². The Hall–Kier alpha value is -2.63. The summed E-state index contributed by atoms with van der Waals surface area (Å²) >= 11 is 0. The molecule has 1 amide bonds. The highest BCUT2D eigenvalue weighted by Gasteiger charge is 2.11. The van der Waals surface area contributed by atoms with Gasteiger partial charge in [0.1, 0.15) is 12.6 Å². The molecule has 0 heterocycles. The Kier molecular flexibility index (Phi) is 38.1. The van der Waals surface area contributed by atoms with Crippen molar-refractivity contribution in [2.24, 2.45) is 0 Å². The number of hydrogen-bond acceptors (Lipinski definition) is 4. The zero-order chi connectivity index (χ0) is 37.3. The Bertz CT molecular complexity index is 922. The Morgan fingerprint density at radius 1 is 0.529 bits per heavy atom. The number of carbonyl (C=O) groups is 3. The van der Waals surface area contributed by atoms with Crippen LogP contribution in [0.4, 0.5) is 0 Å². The van der Waals surface area contributed by atoms with Gasteiger partial charge >= 0.3 is 11.9 Å². The van der Waals surface area contributed by atoms with Crippen LogP contribution >= 0.6 is 0 Å². The van der Waals surface area contributed by atoms with Gasteiger partial charge in [0.05, 0.1) is 0 Å². The molecule has 0 aromatic carbocycles. The number of rotatable bonds is 38. The predicted molar refractivity (Wildman–Crippen MR) is 217 cm³/mol. The molecule has 0 spiro atoms. The monoisotopic (exact) mass is 714 g/mol. The van der Waals surface area contributed by atoms with Crippen molar-refractivity contribution < 1.29 is 24.2 Å². The number of carboxylic acid groups (broad SMARTS) is 1. The molecule has 2 N–H and O–H groups in total. The minimum Gasteiger partial charge on any atom is -0.480 e. The fourth-order valence-electron chi connectivity index (χ4n) is 6.02. The molecule has 6 heteroatoms. The molecule has 294 valence electrons. The lowest BCUT2D eigenvalue weighted by Crippen LogP contribution is -2.28. The Balaban J connectivity index is 4.22. The normalized spacial score (nSPS) is 12.5. The third kappa shape index (κ3) is 40.0. The van der Waals surface area contributed by atoms with Crippen LogP contribution in [0.5, 0.6) is 0 Å². The van der Waals surface area contributed by atoms with E-state index in [4.69, 9.17) is 9.84 Å². The van der Waals surface area contributed by atoms with Crippen LogP contribution in [0, 0.1) is 0 Å². The van der Waals surface area contributed by atoms with E-state index in [1.165, 1.54) is 109 Å². The van der Waals surface area contributed by atoms with Crippen LogP contribution < -0.4 is 5.32 Å². The van der Waals surface area contributed by atoms with Gasteiger partial charge < -0.3 is 15.2 Å². The van der Waals surface area contributed by atoms with E-state index in [1.807, 2.05) is 0 Å². The lowest BCUT2D eigenvalue weighted by atomic mass is 10.1. The molecule has 0 fully saturated rings. The zero-order valence-electron chi connectivity index (χ0n) is 33.2. The van der Waals surface area contributed by atoms with Crippen LogP contribution in [-0.2, 0) is 19.1 Å². The average Bonchev–Trinajstić information content (AvgIpc) is 3.11. The summed E-state index contributed by atoms with van der Waals surface area (Å²) in [6.45, 7) is 4.18. The van der Waals surface area contributed by atoms with Gasteiger partial charge in [-0.2, -0.15) is 0 Å². The summed E-state index contributed by atoms with van der Waals surface area (Å²) in [4.78, 5) is 34.9. The highest BCUT2D eigenvalue weighted by atomic mass is 16.5. The van der Waals surface area contributed by atoms with Crippen molar-refractivity contribution in [3.05, 3.63) is 48.6 Å². The first kappa shape index (κ1) is 48.4. The summed E-state index contributed by atoms with van der Waals surface area (Å²) in [7, 11) is 0. The van der Waals surface area contributed by atoms with Gasteiger partial charge in [-0.3, -0.25) is 14.4 Å². The number of amides is 1. The molecule has 1 unspecified atom stereocenters. The summed E-state index contributed by atoms with van der Waals surface area (Å²) in [6.07, 6.45) is 51.1. The minimum atomic E-state index is -1.03.